The highest BCUT2D eigenvalue weighted by molar-refractivity contribution is 6.31. The SMILES string of the molecule is COc1ccc(Cl)cc1NC(=O)CC(NCCCN1CCOCC1)C(=O)O. The first-order chi connectivity index (χ1) is 13.0. The molecule has 1 amide bonds. The third-order valence-electron chi connectivity index (χ3n) is 4.27. The lowest BCUT2D eigenvalue weighted by Gasteiger charge is -2.26. The third-order valence-corrected chi connectivity index (χ3v) is 4.50. The van der Waals surface area contributed by atoms with Gasteiger partial charge in [0.15, 0.2) is 0 Å². The van der Waals surface area contributed by atoms with Crippen LogP contribution in [-0.2, 0) is 14.3 Å². The fourth-order valence-electron chi connectivity index (χ4n) is 2.82. The summed E-state index contributed by atoms with van der Waals surface area (Å²) < 4.78 is 10.5. The van der Waals surface area contributed by atoms with Gasteiger partial charge in [0.25, 0.3) is 0 Å². The van der Waals surface area contributed by atoms with Crippen molar-refractivity contribution >= 4 is 29.2 Å². The molecule has 1 saturated heterocycles. The van der Waals surface area contributed by atoms with Crippen LogP contribution in [0, 0.1) is 0 Å². The van der Waals surface area contributed by atoms with Crippen LogP contribution in [0.3, 0.4) is 0 Å². The Hall–Kier alpha value is -1.87. The number of anilines is 1. The molecular formula is C18H26ClN3O5. The summed E-state index contributed by atoms with van der Waals surface area (Å²) in [6, 6.07) is 3.88. The fraction of sp³-hybridized carbons (Fsp3) is 0.556. The van der Waals surface area contributed by atoms with Gasteiger partial charge in [-0.1, -0.05) is 11.6 Å². The minimum atomic E-state index is -1.06. The molecule has 3 N–H and O–H groups in total. The van der Waals surface area contributed by atoms with E-state index in [0.717, 1.165) is 39.3 Å². The third kappa shape index (κ3) is 7.34. The van der Waals surface area contributed by atoms with Crippen molar-refractivity contribution in [3.63, 3.8) is 0 Å². The Balaban J connectivity index is 1.79. The predicted octanol–water partition coefficient (Wildman–Crippen LogP) is 1.44. The molecule has 27 heavy (non-hydrogen) atoms. The van der Waals surface area contributed by atoms with E-state index < -0.39 is 17.9 Å². The average molecular weight is 400 g/mol. The van der Waals surface area contributed by atoms with Crippen LogP contribution in [0.1, 0.15) is 12.8 Å². The van der Waals surface area contributed by atoms with Crippen molar-refractivity contribution in [2.45, 2.75) is 18.9 Å². The summed E-state index contributed by atoms with van der Waals surface area (Å²) >= 11 is 5.94. The largest absolute Gasteiger partial charge is 0.495 e. The number of morpholine rings is 1. The lowest BCUT2D eigenvalue weighted by atomic mass is 10.2. The number of rotatable bonds is 10. The second kappa shape index (κ2) is 11.1. The average Bonchev–Trinajstić information content (AvgIpc) is 2.65. The molecule has 0 radical (unpaired) electrons. The summed E-state index contributed by atoms with van der Waals surface area (Å²) in [7, 11) is 1.48. The Labute approximate surface area is 163 Å². The maximum absolute atomic E-state index is 12.3. The molecule has 1 fully saturated rings. The van der Waals surface area contributed by atoms with E-state index in [4.69, 9.17) is 21.1 Å². The Morgan fingerprint density at radius 1 is 1.37 bits per heavy atom. The van der Waals surface area contributed by atoms with Crippen LogP contribution in [0.25, 0.3) is 0 Å². The molecule has 1 heterocycles. The Morgan fingerprint density at radius 3 is 2.78 bits per heavy atom. The molecule has 9 heteroatoms. The van der Waals surface area contributed by atoms with Gasteiger partial charge in [0, 0.05) is 18.1 Å². The number of nitrogens with one attached hydrogen (secondary N) is 2. The van der Waals surface area contributed by atoms with Gasteiger partial charge in [-0.3, -0.25) is 14.5 Å². The van der Waals surface area contributed by atoms with Crippen LogP contribution in [0.5, 0.6) is 5.75 Å². The molecule has 1 aliphatic rings. The maximum Gasteiger partial charge on any atom is 0.321 e. The van der Waals surface area contributed by atoms with Crippen LogP contribution in [0.15, 0.2) is 18.2 Å². The van der Waals surface area contributed by atoms with Crippen molar-refractivity contribution in [2.75, 3.05) is 51.8 Å². The lowest BCUT2D eigenvalue weighted by molar-refractivity contribution is -0.141. The van der Waals surface area contributed by atoms with Crippen LogP contribution in [0.4, 0.5) is 5.69 Å². The molecule has 2 rings (SSSR count). The van der Waals surface area contributed by atoms with Gasteiger partial charge < -0.3 is 25.2 Å². The van der Waals surface area contributed by atoms with E-state index in [2.05, 4.69) is 15.5 Å². The molecule has 0 aromatic heterocycles. The van der Waals surface area contributed by atoms with Crippen LogP contribution in [0.2, 0.25) is 5.02 Å². The fourth-order valence-corrected chi connectivity index (χ4v) is 2.99. The van der Waals surface area contributed by atoms with Gasteiger partial charge >= 0.3 is 5.97 Å². The van der Waals surface area contributed by atoms with Gasteiger partial charge in [-0.25, -0.2) is 0 Å². The first kappa shape index (κ1) is 21.4. The molecule has 0 spiro atoms. The van der Waals surface area contributed by atoms with Crippen molar-refractivity contribution in [3.8, 4) is 5.75 Å². The predicted molar refractivity (Wildman–Crippen MR) is 103 cm³/mol. The minimum absolute atomic E-state index is 0.192. The van der Waals surface area contributed by atoms with Crippen molar-refractivity contribution in [1.82, 2.24) is 10.2 Å². The second-order valence-corrected chi connectivity index (χ2v) is 6.69. The number of carbonyl (C=O) groups excluding carboxylic acids is 1. The zero-order chi connectivity index (χ0) is 19.6. The molecule has 0 saturated carbocycles. The van der Waals surface area contributed by atoms with E-state index in [1.165, 1.54) is 7.11 Å². The highest BCUT2D eigenvalue weighted by Gasteiger charge is 2.21. The number of benzene rings is 1. The first-order valence-corrected chi connectivity index (χ1v) is 9.27. The molecular weight excluding hydrogens is 374 g/mol. The summed E-state index contributed by atoms with van der Waals surface area (Å²) in [5.41, 5.74) is 0.409. The minimum Gasteiger partial charge on any atom is -0.495 e. The quantitative estimate of drug-likeness (QED) is 0.512. The molecule has 1 aliphatic heterocycles. The number of halogens is 1. The molecule has 0 aliphatic carbocycles. The molecule has 1 aromatic rings. The Kier molecular flexibility index (Phi) is 8.80. The molecule has 1 atom stereocenters. The number of ether oxygens (including phenoxy) is 2. The number of hydrogen-bond acceptors (Lipinski definition) is 6. The summed E-state index contributed by atoms with van der Waals surface area (Å²) in [4.78, 5) is 26.0. The number of nitrogens with zero attached hydrogens (tertiary/aromatic N) is 1. The number of carboxylic acid groups (broad SMARTS) is 1. The van der Waals surface area contributed by atoms with Gasteiger partial charge in [-0.15, -0.1) is 0 Å². The molecule has 1 aromatic carbocycles. The van der Waals surface area contributed by atoms with Crippen molar-refractivity contribution in [1.29, 1.82) is 0 Å². The number of carboxylic acids is 1. The normalized spacial score (nSPS) is 15.9. The lowest BCUT2D eigenvalue weighted by Crippen LogP contribution is -2.42. The van der Waals surface area contributed by atoms with Crippen molar-refractivity contribution in [2.24, 2.45) is 0 Å². The number of hydrogen-bond donors (Lipinski definition) is 3. The van der Waals surface area contributed by atoms with E-state index in [9.17, 15) is 14.7 Å². The maximum atomic E-state index is 12.3. The molecule has 8 nitrogen and oxygen atoms in total. The van der Waals surface area contributed by atoms with E-state index in [-0.39, 0.29) is 6.42 Å². The van der Waals surface area contributed by atoms with Crippen LogP contribution < -0.4 is 15.4 Å². The number of aliphatic carboxylic acids is 1. The Morgan fingerprint density at radius 2 is 2.11 bits per heavy atom. The van der Waals surface area contributed by atoms with E-state index >= 15 is 0 Å². The van der Waals surface area contributed by atoms with Gasteiger partial charge in [0.2, 0.25) is 5.91 Å². The summed E-state index contributed by atoms with van der Waals surface area (Å²) in [6.07, 6.45) is 0.607. The van der Waals surface area contributed by atoms with Gasteiger partial charge in [0.1, 0.15) is 11.8 Å². The zero-order valence-corrected chi connectivity index (χ0v) is 16.1. The monoisotopic (exact) mass is 399 g/mol. The van der Waals surface area contributed by atoms with Crippen molar-refractivity contribution < 1.29 is 24.2 Å². The topological polar surface area (TPSA) is 100 Å². The highest BCUT2D eigenvalue weighted by atomic mass is 35.5. The van der Waals surface area contributed by atoms with Gasteiger partial charge in [0.05, 0.1) is 32.4 Å². The summed E-state index contributed by atoms with van der Waals surface area (Å²) in [6.45, 7) is 4.64. The number of methoxy groups -OCH3 is 1. The van der Waals surface area contributed by atoms with Gasteiger partial charge in [-0.2, -0.15) is 0 Å². The van der Waals surface area contributed by atoms with E-state index in [1.807, 2.05) is 0 Å². The summed E-state index contributed by atoms with van der Waals surface area (Å²) in [5, 5.41) is 15.4. The van der Waals surface area contributed by atoms with Crippen LogP contribution >= 0.6 is 11.6 Å². The number of amides is 1. The standard InChI is InChI=1S/C18H26ClN3O5/c1-26-16-4-3-13(19)11-14(16)21-17(23)12-15(18(24)25)20-5-2-6-22-7-9-27-10-8-22/h3-4,11,15,20H,2,5-10,12H2,1H3,(H,21,23)(H,24,25). The molecule has 0 bridgehead atoms. The summed E-state index contributed by atoms with van der Waals surface area (Å²) in [5.74, 6) is -1.03. The van der Waals surface area contributed by atoms with Gasteiger partial charge in [-0.05, 0) is 37.7 Å². The number of carbonyl (C=O) groups is 2. The van der Waals surface area contributed by atoms with E-state index in [1.54, 1.807) is 18.2 Å². The zero-order valence-electron chi connectivity index (χ0n) is 15.4. The molecule has 150 valence electrons. The highest BCUT2D eigenvalue weighted by Crippen LogP contribution is 2.27. The Bertz CT molecular complexity index is 637. The van der Waals surface area contributed by atoms with E-state index in [0.29, 0.717) is 23.0 Å². The van der Waals surface area contributed by atoms with Crippen LogP contribution in [-0.4, -0.2) is 74.4 Å². The van der Waals surface area contributed by atoms with Crippen molar-refractivity contribution in [3.05, 3.63) is 23.2 Å². The smallest absolute Gasteiger partial charge is 0.321 e. The molecule has 1 unspecified atom stereocenters. The first-order valence-electron chi connectivity index (χ1n) is 8.89. The second-order valence-electron chi connectivity index (χ2n) is 6.25.